The van der Waals surface area contributed by atoms with Crippen LogP contribution in [-0.2, 0) is 0 Å². The van der Waals surface area contributed by atoms with E-state index in [1.165, 1.54) is 13.0 Å². The lowest BCUT2D eigenvalue weighted by Gasteiger charge is -2.20. The van der Waals surface area contributed by atoms with Gasteiger partial charge in [-0.2, -0.15) is 5.10 Å². The van der Waals surface area contributed by atoms with Gasteiger partial charge >= 0.3 is 0 Å². The highest BCUT2D eigenvalue weighted by Gasteiger charge is 2.26. The van der Waals surface area contributed by atoms with Gasteiger partial charge in [-0.1, -0.05) is 0 Å². The maximum atomic E-state index is 5.81. The van der Waals surface area contributed by atoms with Crippen LogP contribution >= 0.6 is 0 Å². The van der Waals surface area contributed by atoms with E-state index in [1.54, 1.807) is 0 Å². The Labute approximate surface area is 91.1 Å². The molecule has 2 heterocycles. The van der Waals surface area contributed by atoms with Gasteiger partial charge in [0.15, 0.2) is 0 Å². The van der Waals surface area contributed by atoms with Gasteiger partial charge < -0.3 is 5.73 Å². The van der Waals surface area contributed by atoms with Crippen molar-refractivity contribution in [1.82, 2.24) is 14.7 Å². The van der Waals surface area contributed by atoms with Crippen molar-refractivity contribution < 1.29 is 0 Å². The van der Waals surface area contributed by atoms with Gasteiger partial charge in [-0.15, -0.1) is 0 Å². The Bertz CT molecular complexity index is 323. The Morgan fingerprint density at radius 1 is 1.53 bits per heavy atom. The second-order valence-electron chi connectivity index (χ2n) is 4.68. The number of hydrogen-bond donors (Lipinski definition) is 1. The number of hydrogen-bond acceptors (Lipinski definition) is 3. The summed E-state index contributed by atoms with van der Waals surface area (Å²) in [6.07, 6.45) is 3.14. The predicted octanol–water partition coefficient (Wildman–Crippen LogP) is 1.43. The SMILES string of the molecule is Cc1nn([C@@H]2CCN(C(C)C)C2)cc1N. The molecule has 1 aromatic rings. The first-order chi connectivity index (χ1) is 7.08. The summed E-state index contributed by atoms with van der Waals surface area (Å²) in [4.78, 5) is 2.48. The summed E-state index contributed by atoms with van der Waals surface area (Å²) >= 11 is 0. The zero-order valence-corrected chi connectivity index (χ0v) is 9.77. The van der Waals surface area contributed by atoms with E-state index in [9.17, 15) is 0 Å². The maximum Gasteiger partial charge on any atom is 0.0823 e. The van der Waals surface area contributed by atoms with Gasteiger partial charge in [0.1, 0.15) is 0 Å². The molecule has 0 amide bonds. The third kappa shape index (κ3) is 2.00. The number of nitrogen functional groups attached to an aromatic ring is 1. The molecule has 1 fully saturated rings. The summed E-state index contributed by atoms with van der Waals surface area (Å²) < 4.78 is 2.03. The molecule has 1 saturated heterocycles. The molecule has 2 rings (SSSR count). The van der Waals surface area contributed by atoms with Crippen molar-refractivity contribution in [2.45, 2.75) is 39.3 Å². The normalized spacial score (nSPS) is 22.8. The molecular weight excluding hydrogens is 188 g/mol. The minimum absolute atomic E-state index is 0.503. The lowest BCUT2D eigenvalue weighted by atomic mass is 10.3. The molecule has 0 spiro atoms. The first-order valence-electron chi connectivity index (χ1n) is 5.63. The van der Waals surface area contributed by atoms with Gasteiger partial charge in [-0.05, 0) is 27.2 Å². The molecule has 84 valence electrons. The molecule has 4 heteroatoms. The molecular formula is C11H20N4. The monoisotopic (exact) mass is 208 g/mol. The summed E-state index contributed by atoms with van der Waals surface area (Å²) in [7, 11) is 0. The van der Waals surface area contributed by atoms with Crippen molar-refractivity contribution in [2.24, 2.45) is 0 Å². The number of anilines is 1. The maximum absolute atomic E-state index is 5.81. The summed E-state index contributed by atoms with van der Waals surface area (Å²) in [6, 6.07) is 1.13. The smallest absolute Gasteiger partial charge is 0.0823 e. The number of likely N-dealkylation sites (tertiary alicyclic amines) is 1. The number of nitrogens with zero attached hydrogens (tertiary/aromatic N) is 3. The first-order valence-corrected chi connectivity index (χ1v) is 5.63. The first kappa shape index (κ1) is 10.5. The largest absolute Gasteiger partial charge is 0.396 e. The highest BCUT2D eigenvalue weighted by atomic mass is 15.3. The standard InChI is InChI=1S/C11H20N4/c1-8(2)14-5-4-10(6-14)15-7-11(12)9(3)13-15/h7-8,10H,4-6,12H2,1-3H3/t10-/m1/s1. The molecule has 0 saturated carbocycles. The zero-order chi connectivity index (χ0) is 11.0. The number of rotatable bonds is 2. The number of aryl methyl sites for hydroxylation is 1. The molecule has 4 nitrogen and oxygen atoms in total. The molecule has 0 bridgehead atoms. The Morgan fingerprint density at radius 3 is 2.73 bits per heavy atom. The third-order valence-corrected chi connectivity index (χ3v) is 3.25. The van der Waals surface area contributed by atoms with Crippen molar-refractivity contribution in [3.05, 3.63) is 11.9 Å². The molecule has 0 radical (unpaired) electrons. The fourth-order valence-electron chi connectivity index (χ4n) is 2.14. The highest BCUT2D eigenvalue weighted by Crippen LogP contribution is 2.24. The summed E-state index contributed by atoms with van der Waals surface area (Å²) in [6.45, 7) is 8.70. The fraction of sp³-hybridized carbons (Fsp3) is 0.727. The second kappa shape index (κ2) is 3.85. The van der Waals surface area contributed by atoms with Crippen LogP contribution < -0.4 is 5.73 Å². The quantitative estimate of drug-likeness (QED) is 0.799. The van der Waals surface area contributed by atoms with E-state index in [0.29, 0.717) is 12.1 Å². The van der Waals surface area contributed by atoms with E-state index in [-0.39, 0.29) is 0 Å². The lowest BCUT2D eigenvalue weighted by molar-refractivity contribution is 0.262. The van der Waals surface area contributed by atoms with Crippen LogP contribution in [0.5, 0.6) is 0 Å². The van der Waals surface area contributed by atoms with Crippen LogP contribution in [0, 0.1) is 6.92 Å². The number of nitrogens with two attached hydrogens (primary N) is 1. The molecule has 2 N–H and O–H groups in total. The van der Waals surface area contributed by atoms with Crippen LogP contribution in [0.1, 0.15) is 32.0 Å². The van der Waals surface area contributed by atoms with Crippen LogP contribution in [0.3, 0.4) is 0 Å². The minimum atomic E-state index is 0.503. The minimum Gasteiger partial charge on any atom is -0.396 e. The van der Waals surface area contributed by atoms with Crippen LogP contribution in [0.15, 0.2) is 6.20 Å². The fourth-order valence-corrected chi connectivity index (χ4v) is 2.14. The van der Waals surface area contributed by atoms with E-state index in [0.717, 1.165) is 17.9 Å². The topological polar surface area (TPSA) is 47.1 Å². The summed E-state index contributed by atoms with van der Waals surface area (Å²) in [5.74, 6) is 0. The van der Waals surface area contributed by atoms with Gasteiger partial charge in [0.05, 0.1) is 17.4 Å². The molecule has 1 atom stereocenters. The average Bonchev–Trinajstić information content (AvgIpc) is 2.74. The Kier molecular flexibility index (Phi) is 2.69. The van der Waals surface area contributed by atoms with E-state index in [1.807, 2.05) is 17.8 Å². The molecule has 15 heavy (non-hydrogen) atoms. The van der Waals surface area contributed by atoms with Crippen LogP contribution in [0.25, 0.3) is 0 Å². The Hall–Kier alpha value is -1.03. The van der Waals surface area contributed by atoms with Gasteiger partial charge in [0.25, 0.3) is 0 Å². The van der Waals surface area contributed by atoms with Crippen LogP contribution in [0.4, 0.5) is 5.69 Å². The molecule has 1 aliphatic rings. The van der Waals surface area contributed by atoms with Crippen molar-refractivity contribution in [3.8, 4) is 0 Å². The summed E-state index contributed by atoms with van der Waals surface area (Å²) in [5.41, 5.74) is 7.55. The van der Waals surface area contributed by atoms with Crippen molar-refractivity contribution in [3.63, 3.8) is 0 Å². The number of aromatic nitrogens is 2. The molecule has 1 aromatic heterocycles. The molecule has 0 unspecified atom stereocenters. The van der Waals surface area contributed by atoms with Crippen LogP contribution in [-0.4, -0.2) is 33.8 Å². The van der Waals surface area contributed by atoms with Crippen molar-refractivity contribution >= 4 is 5.69 Å². The second-order valence-corrected chi connectivity index (χ2v) is 4.68. The third-order valence-electron chi connectivity index (χ3n) is 3.25. The average molecular weight is 208 g/mol. The van der Waals surface area contributed by atoms with E-state index in [2.05, 4.69) is 23.8 Å². The van der Waals surface area contributed by atoms with E-state index < -0.39 is 0 Å². The van der Waals surface area contributed by atoms with Gasteiger partial charge in [-0.3, -0.25) is 9.58 Å². The van der Waals surface area contributed by atoms with Gasteiger partial charge in [-0.25, -0.2) is 0 Å². The lowest BCUT2D eigenvalue weighted by Crippen LogP contribution is -2.28. The van der Waals surface area contributed by atoms with Gasteiger partial charge in [0.2, 0.25) is 0 Å². The molecule has 0 aliphatic carbocycles. The Balaban J connectivity index is 2.07. The van der Waals surface area contributed by atoms with E-state index >= 15 is 0 Å². The van der Waals surface area contributed by atoms with Crippen molar-refractivity contribution in [2.75, 3.05) is 18.8 Å². The highest BCUT2D eigenvalue weighted by molar-refractivity contribution is 5.39. The molecule has 1 aliphatic heterocycles. The van der Waals surface area contributed by atoms with Crippen LogP contribution in [0.2, 0.25) is 0 Å². The van der Waals surface area contributed by atoms with Crippen molar-refractivity contribution in [1.29, 1.82) is 0 Å². The molecule has 0 aromatic carbocycles. The van der Waals surface area contributed by atoms with E-state index in [4.69, 9.17) is 5.73 Å². The zero-order valence-electron chi connectivity index (χ0n) is 9.77. The predicted molar refractivity (Wildman–Crippen MR) is 61.7 cm³/mol. The summed E-state index contributed by atoms with van der Waals surface area (Å²) in [5, 5.41) is 4.45. The Morgan fingerprint density at radius 2 is 2.27 bits per heavy atom. The van der Waals surface area contributed by atoms with Gasteiger partial charge in [0, 0.05) is 25.3 Å².